The molecule has 3 heterocycles. The summed E-state index contributed by atoms with van der Waals surface area (Å²) in [4.78, 5) is 25.2. The van der Waals surface area contributed by atoms with E-state index in [9.17, 15) is 35.9 Å². The molecule has 3 amide bonds. The first-order valence-electron chi connectivity index (χ1n) is 10.9. The standard InChI is InChI=1S/C22H22F6N2O5/c1-2-4-13-15(6-5-12-14(22(26,27)28)9-16-19(34-16)35-18(12)13)33-8-3-7-30-17(31)10-29(20(30)32)11-21(23,24)25/h5-6,9,16,19H,2-4,7-8,10-11H2,1H3. The maximum Gasteiger partial charge on any atom is 0.416 e. The van der Waals surface area contributed by atoms with E-state index in [-0.39, 0.29) is 36.6 Å². The van der Waals surface area contributed by atoms with Crippen molar-refractivity contribution in [1.29, 1.82) is 0 Å². The van der Waals surface area contributed by atoms with E-state index in [0.717, 1.165) is 11.0 Å². The molecule has 7 nitrogen and oxygen atoms in total. The molecule has 1 aromatic rings. The van der Waals surface area contributed by atoms with E-state index >= 15 is 0 Å². The number of urea groups is 1. The number of carbonyl (C=O) groups is 2. The van der Waals surface area contributed by atoms with Gasteiger partial charge in [0.15, 0.2) is 0 Å². The molecule has 0 aromatic heterocycles. The van der Waals surface area contributed by atoms with Crippen molar-refractivity contribution in [3.8, 4) is 11.5 Å². The zero-order valence-corrected chi connectivity index (χ0v) is 18.5. The van der Waals surface area contributed by atoms with Gasteiger partial charge in [0.25, 0.3) is 0 Å². The Kier molecular flexibility index (Phi) is 6.64. The minimum absolute atomic E-state index is 0.0314. The van der Waals surface area contributed by atoms with Crippen molar-refractivity contribution >= 4 is 17.5 Å². The normalized spacial score (nSPS) is 21.9. The van der Waals surface area contributed by atoms with Gasteiger partial charge in [-0.15, -0.1) is 0 Å². The van der Waals surface area contributed by atoms with Gasteiger partial charge in [0, 0.05) is 17.7 Å². The summed E-state index contributed by atoms with van der Waals surface area (Å²) < 4.78 is 95.2. The molecule has 2 saturated heterocycles. The summed E-state index contributed by atoms with van der Waals surface area (Å²) in [5, 5.41) is 0. The Morgan fingerprint density at radius 1 is 1.14 bits per heavy atom. The lowest BCUT2D eigenvalue weighted by atomic mass is 9.97. The summed E-state index contributed by atoms with van der Waals surface area (Å²) in [6, 6.07) is 1.64. The van der Waals surface area contributed by atoms with Crippen molar-refractivity contribution in [2.45, 2.75) is 50.9 Å². The van der Waals surface area contributed by atoms with Crippen LogP contribution in [0.4, 0.5) is 31.1 Å². The highest BCUT2D eigenvalue weighted by Gasteiger charge is 2.48. The number of fused-ring (bicyclic) bond motifs is 2. The van der Waals surface area contributed by atoms with E-state index in [1.165, 1.54) is 12.1 Å². The second kappa shape index (κ2) is 9.25. The summed E-state index contributed by atoms with van der Waals surface area (Å²) in [6.07, 6.45) is -8.78. The minimum Gasteiger partial charge on any atom is -0.493 e. The lowest BCUT2D eigenvalue weighted by Crippen LogP contribution is -2.38. The number of allylic oxidation sites excluding steroid dienone is 1. The molecule has 0 N–H and O–H groups in total. The summed E-state index contributed by atoms with van der Waals surface area (Å²) in [6.45, 7) is -0.513. The fourth-order valence-corrected chi connectivity index (χ4v) is 4.08. The molecule has 0 saturated carbocycles. The Morgan fingerprint density at radius 2 is 1.89 bits per heavy atom. The zero-order valence-electron chi connectivity index (χ0n) is 18.5. The Bertz CT molecular complexity index is 1040. The highest BCUT2D eigenvalue weighted by Crippen LogP contribution is 2.48. The van der Waals surface area contributed by atoms with Crippen LogP contribution in [0.5, 0.6) is 11.5 Å². The molecular weight excluding hydrogens is 486 g/mol. The molecule has 3 aliphatic heterocycles. The van der Waals surface area contributed by atoms with E-state index in [2.05, 4.69) is 0 Å². The number of carbonyl (C=O) groups excluding carboxylic acids is 2. The van der Waals surface area contributed by atoms with Gasteiger partial charge in [-0.05, 0) is 31.1 Å². The van der Waals surface area contributed by atoms with E-state index in [4.69, 9.17) is 14.2 Å². The number of ether oxygens (including phenoxy) is 3. The third kappa shape index (κ3) is 5.49. The lowest BCUT2D eigenvalue weighted by molar-refractivity contribution is -0.139. The summed E-state index contributed by atoms with van der Waals surface area (Å²) in [5.74, 6) is -0.426. The van der Waals surface area contributed by atoms with Crippen molar-refractivity contribution in [2.24, 2.45) is 0 Å². The largest absolute Gasteiger partial charge is 0.493 e. The average Bonchev–Trinajstić information content (AvgIpc) is 3.45. The number of imide groups is 1. The fourth-order valence-electron chi connectivity index (χ4n) is 4.08. The quantitative estimate of drug-likeness (QED) is 0.227. The molecule has 0 bridgehead atoms. The van der Waals surface area contributed by atoms with Crippen molar-refractivity contribution in [1.82, 2.24) is 9.80 Å². The van der Waals surface area contributed by atoms with Gasteiger partial charge in [-0.1, -0.05) is 13.3 Å². The summed E-state index contributed by atoms with van der Waals surface area (Å²) >= 11 is 0. The molecule has 2 unspecified atom stereocenters. The van der Waals surface area contributed by atoms with Gasteiger partial charge >= 0.3 is 18.4 Å². The van der Waals surface area contributed by atoms with Crippen LogP contribution < -0.4 is 9.47 Å². The first kappa shape index (κ1) is 25.1. The molecule has 0 radical (unpaired) electrons. The van der Waals surface area contributed by atoms with Gasteiger partial charge in [-0.2, -0.15) is 26.3 Å². The molecule has 192 valence electrons. The number of amides is 3. The zero-order chi connectivity index (χ0) is 25.5. The first-order chi connectivity index (χ1) is 16.4. The second-order valence-corrected chi connectivity index (χ2v) is 8.34. The average molecular weight is 508 g/mol. The van der Waals surface area contributed by atoms with Crippen LogP contribution in [0.1, 0.15) is 30.9 Å². The van der Waals surface area contributed by atoms with E-state index in [1.54, 1.807) is 0 Å². The van der Waals surface area contributed by atoms with Gasteiger partial charge in [-0.3, -0.25) is 9.69 Å². The third-order valence-corrected chi connectivity index (χ3v) is 5.64. The van der Waals surface area contributed by atoms with Crippen LogP contribution in [0.2, 0.25) is 0 Å². The molecule has 1 aromatic carbocycles. The van der Waals surface area contributed by atoms with Gasteiger partial charge in [-0.25, -0.2) is 4.79 Å². The predicted molar refractivity (Wildman–Crippen MR) is 109 cm³/mol. The smallest absolute Gasteiger partial charge is 0.416 e. The maximum atomic E-state index is 13.7. The van der Waals surface area contributed by atoms with Crippen molar-refractivity contribution < 1.29 is 50.1 Å². The number of alkyl halides is 6. The Morgan fingerprint density at radius 3 is 2.54 bits per heavy atom. The van der Waals surface area contributed by atoms with E-state index in [1.807, 2.05) is 6.92 Å². The summed E-state index contributed by atoms with van der Waals surface area (Å²) in [7, 11) is 0. The highest BCUT2D eigenvalue weighted by molar-refractivity contribution is 6.02. The van der Waals surface area contributed by atoms with Gasteiger partial charge in [0.1, 0.15) is 30.7 Å². The number of nitrogens with zero attached hydrogens (tertiary/aromatic N) is 2. The Hall–Kier alpha value is -2.96. The Labute approximate surface area is 196 Å². The van der Waals surface area contributed by atoms with Gasteiger partial charge in [0.2, 0.25) is 12.2 Å². The van der Waals surface area contributed by atoms with Crippen LogP contribution >= 0.6 is 0 Å². The fraction of sp³-hybridized carbons (Fsp3) is 0.545. The molecule has 35 heavy (non-hydrogen) atoms. The number of hydrogen-bond donors (Lipinski definition) is 0. The number of benzene rings is 1. The molecule has 0 spiro atoms. The van der Waals surface area contributed by atoms with Gasteiger partial charge in [0.05, 0.1) is 12.2 Å². The van der Waals surface area contributed by atoms with Crippen molar-refractivity contribution in [3.63, 3.8) is 0 Å². The molecular formula is C22H22F6N2O5. The number of halogens is 6. The number of hydrogen-bond acceptors (Lipinski definition) is 5. The van der Waals surface area contributed by atoms with E-state index in [0.29, 0.717) is 23.3 Å². The highest BCUT2D eigenvalue weighted by atomic mass is 19.4. The number of rotatable bonds is 8. The third-order valence-electron chi connectivity index (χ3n) is 5.64. The van der Waals surface area contributed by atoms with Crippen LogP contribution in [0.3, 0.4) is 0 Å². The monoisotopic (exact) mass is 508 g/mol. The van der Waals surface area contributed by atoms with Crippen molar-refractivity contribution in [2.75, 3.05) is 26.2 Å². The Balaban J connectivity index is 1.44. The maximum absolute atomic E-state index is 13.7. The topological polar surface area (TPSA) is 71.6 Å². The van der Waals surface area contributed by atoms with Crippen LogP contribution in [0.15, 0.2) is 18.2 Å². The van der Waals surface area contributed by atoms with Crippen LogP contribution in [0.25, 0.3) is 5.57 Å². The van der Waals surface area contributed by atoms with Crippen LogP contribution in [0, 0.1) is 0 Å². The first-order valence-corrected chi connectivity index (χ1v) is 10.9. The minimum atomic E-state index is -4.62. The van der Waals surface area contributed by atoms with Crippen molar-refractivity contribution in [3.05, 3.63) is 29.3 Å². The molecule has 13 heteroatoms. The predicted octanol–water partition coefficient (Wildman–Crippen LogP) is 4.30. The van der Waals surface area contributed by atoms with Crippen LogP contribution in [-0.2, 0) is 16.0 Å². The second-order valence-electron chi connectivity index (χ2n) is 8.34. The molecule has 2 atom stereocenters. The van der Waals surface area contributed by atoms with Crippen LogP contribution in [-0.4, -0.2) is 72.7 Å². The van der Waals surface area contributed by atoms with Gasteiger partial charge < -0.3 is 19.1 Å². The molecule has 2 fully saturated rings. The molecule has 0 aliphatic carbocycles. The van der Waals surface area contributed by atoms with E-state index < -0.39 is 55.3 Å². The lowest BCUT2D eigenvalue weighted by Gasteiger charge is -2.21. The SMILES string of the molecule is CCCc1c(OCCCN2C(=O)CN(CC(F)(F)F)C2=O)ccc2c1OC1OC1C=C2C(F)(F)F. The summed E-state index contributed by atoms with van der Waals surface area (Å²) in [5.41, 5.74) is -0.529. The molecule has 3 aliphatic rings. The number of epoxide rings is 1. The molecule has 4 rings (SSSR count).